The van der Waals surface area contributed by atoms with E-state index in [4.69, 9.17) is 4.42 Å². The summed E-state index contributed by atoms with van der Waals surface area (Å²) in [4.78, 5) is 29.1. The maximum atomic E-state index is 13.9. The summed E-state index contributed by atoms with van der Waals surface area (Å²) in [6.07, 6.45) is 0.705. The fourth-order valence-corrected chi connectivity index (χ4v) is 3.85. The molecule has 0 spiro atoms. The van der Waals surface area contributed by atoms with E-state index in [0.29, 0.717) is 18.5 Å². The van der Waals surface area contributed by atoms with Gasteiger partial charge in [0.05, 0.1) is 37.6 Å². The van der Waals surface area contributed by atoms with Crippen LogP contribution in [0.5, 0.6) is 0 Å². The van der Waals surface area contributed by atoms with Crippen molar-refractivity contribution >= 4 is 16.9 Å². The fourth-order valence-electron chi connectivity index (χ4n) is 3.85. The number of halogens is 2. The van der Waals surface area contributed by atoms with Crippen molar-refractivity contribution in [2.45, 2.75) is 12.5 Å². The number of nitrogens with one attached hydrogen (secondary N) is 1. The molecule has 1 aliphatic rings. The van der Waals surface area contributed by atoms with Gasteiger partial charge in [-0.3, -0.25) is 9.59 Å². The van der Waals surface area contributed by atoms with Crippen molar-refractivity contribution in [3.05, 3.63) is 81.2 Å². The zero-order chi connectivity index (χ0) is 20.7. The van der Waals surface area contributed by atoms with Crippen molar-refractivity contribution in [3.63, 3.8) is 0 Å². The Hall–Kier alpha value is -3.06. The molecule has 4 rings (SSSR count). The number of rotatable bonds is 5. The van der Waals surface area contributed by atoms with Crippen molar-refractivity contribution in [3.8, 4) is 0 Å². The lowest BCUT2D eigenvalue weighted by Crippen LogP contribution is -3.05. The van der Waals surface area contributed by atoms with E-state index in [1.54, 1.807) is 11.0 Å². The molecule has 0 bridgehead atoms. The average molecular weight is 399 g/mol. The Morgan fingerprint density at radius 2 is 1.83 bits per heavy atom. The molecule has 5 nitrogen and oxygen atoms in total. The molecule has 1 amide bonds. The minimum atomic E-state index is -0.769. The molecule has 1 atom stereocenters. The standard InChI is InChI=1S/C22H20F2N2O3/c1-25(2)9-4-10-26-19(13-5-3-6-14(23)11-13)18-20(27)16-12-15(24)7-8-17(16)29-21(18)22(26)28/h3,5-8,11-12,19H,4,9-10H2,1-2H3/p+1/t19-/m1/s1. The first kappa shape index (κ1) is 19.3. The maximum Gasteiger partial charge on any atom is 0.290 e. The van der Waals surface area contributed by atoms with Crippen molar-refractivity contribution in [2.75, 3.05) is 27.2 Å². The molecule has 1 aromatic heterocycles. The highest BCUT2D eigenvalue weighted by molar-refractivity contribution is 5.99. The SMILES string of the molecule is C[NH+](C)CCCN1C(=O)c2oc3ccc(F)cc3c(=O)c2[C@H]1c1cccc(F)c1. The lowest BCUT2D eigenvalue weighted by Gasteiger charge is -2.25. The topological polar surface area (TPSA) is 55.0 Å². The molecule has 1 N–H and O–H groups in total. The normalized spacial score (nSPS) is 16.1. The van der Waals surface area contributed by atoms with E-state index in [1.807, 2.05) is 14.1 Å². The van der Waals surface area contributed by atoms with E-state index in [0.717, 1.165) is 12.6 Å². The molecule has 7 heteroatoms. The first-order valence-electron chi connectivity index (χ1n) is 9.48. The van der Waals surface area contributed by atoms with Gasteiger partial charge in [0.1, 0.15) is 17.2 Å². The summed E-state index contributed by atoms with van der Waals surface area (Å²) in [5.74, 6) is -1.49. The van der Waals surface area contributed by atoms with Crippen LogP contribution in [0, 0.1) is 11.6 Å². The van der Waals surface area contributed by atoms with Gasteiger partial charge >= 0.3 is 0 Å². The third-order valence-corrected chi connectivity index (χ3v) is 5.17. The third kappa shape index (κ3) is 3.42. The summed E-state index contributed by atoms with van der Waals surface area (Å²) >= 11 is 0. The number of hydrogen-bond donors (Lipinski definition) is 1. The van der Waals surface area contributed by atoms with Gasteiger partial charge < -0.3 is 14.2 Å². The van der Waals surface area contributed by atoms with Crippen molar-refractivity contribution in [2.24, 2.45) is 0 Å². The summed E-state index contributed by atoms with van der Waals surface area (Å²) < 4.78 is 33.4. The molecule has 0 saturated carbocycles. The van der Waals surface area contributed by atoms with E-state index in [-0.39, 0.29) is 22.3 Å². The second kappa shape index (κ2) is 7.40. The Bertz CT molecular complexity index is 1160. The number of benzene rings is 2. The van der Waals surface area contributed by atoms with Gasteiger partial charge in [-0.25, -0.2) is 8.78 Å². The van der Waals surface area contributed by atoms with Gasteiger partial charge in [0, 0.05) is 13.0 Å². The zero-order valence-electron chi connectivity index (χ0n) is 16.2. The Kier molecular flexibility index (Phi) is 4.92. The fraction of sp³-hybridized carbons (Fsp3) is 0.273. The van der Waals surface area contributed by atoms with E-state index in [2.05, 4.69) is 0 Å². The lowest BCUT2D eigenvalue weighted by atomic mass is 9.98. The van der Waals surface area contributed by atoms with Crippen LogP contribution in [-0.2, 0) is 0 Å². The van der Waals surface area contributed by atoms with Crippen LogP contribution < -0.4 is 10.3 Å². The summed E-state index contributed by atoms with van der Waals surface area (Å²) in [6, 6.07) is 8.69. The number of quaternary nitrogens is 1. The Balaban J connectivity index is 1.89. The molecule has 0 aliphatic carbocycles. The first-order valence-corrected chi connectivity index (χ1v) is 9.48. The monoisotopic (exact) mass is 399 g/mol. The molecule has 3 aromatic rings. The van der Waals surface area contributed by atoms with Gasteiger partial charge in [0.2, 0.25) is 5.76 Å². The minimum Gasteiger partial charge on any atom is -0.450 e. The van der Waals surface area contributed by atoms with Crippen molar-refractivity contribution < 1.29 is 22.9 Å². The van der Waals surface area contributed by atoms with Crippen LogP contribution >= 0.6 is 0 Å². The van der Waals surface area contributed by atoms with Crippen LogP contribution in [0.2, 0.25) is 0 Å². The highest BCUT2D eigenvalue weighted by Crippen LogP contribution is 2.38. The van der Waals surface area contributed by atoms with Crippen molar-refractivity contribution in [1.29, 1.82) is 0 Å². The predicted octanol–water partition coefficient (Wildman–Crippen LogP) is 2.15. The van der Waals surface area contributed by atoms with Gasteiger partial charge in [-0.1, -0.05) is 12.1 Å². The molecule has 29 heavy (non-hydrogen) atoms. The summed E-state index contributed by atoms with van der Waals surface area (Å²) in [6.45, 7) is 1.21. The largest absolute Gasteiger partial charge is 0.450 e. The highest BCUT2D eigenvalue weighted by Gasteiger charge is 2.42. The second-order valence-corrected chi connectivity index (χ2v) is 7.58. The maximum absolute atomic E-state index is 13.9. The number of fused-ring (bicyclic) bond motifs is 2. The Morgan fingerprint density at radius 1 is 1.07 bits per heavy atom. The number of hydrogen-bond acceptors (Lipinski definition) is 3. The quantitative estimate of drug-likeness (QED) is 0.715. The molecule has 0 unspecified atom stereocenters. The molecule has 0 saturated heterocycles. The van der Waals surface area contributed by atoms with Gasteiger partial charge in [-0.2, -0.15) is 0 Å². The summed E-state index contributed by atoms with van der Waals surface area (Å²) in [5, 5.41) is 0.0672. The Labute approximate surface area is 166 Å². The number of carbonyl (C=O) groups excluding carboxylic acids is 1. The number of amides is 1. The minimum absolute atomic E-state index is 0.0550. The molecule has 1 aliphatic heterocycles. The zero-order valence-corrected chi connectivity index (χ0v) is 16.2. The molecule has 2 aromatic carbocycles. The van der Waals surface area contributed by atoms with Crippen LogP contribution in [-0.4, -0.2) is 38.0 Å². The van der Waals surface area contributed by atoms with Crippen LogP contribution in [0.4, 0.5) is 8.78 Å². The summed E-state index contributed by atoms with van der Waals surface area (Å²) in [5.41, 5.74) is 0.304. The van der Waals surface area contributed by atoms with Crippen molar-refractivity contribution in [1.82, 2.24) is 4.90 Å². The molecular formula is C22H21F2N2O3+. The number of nitrogens with zero attached hydrogens (tertiary/aromatic N) is 1. The average Bonchev–Trinajstić information content (AvgIpc) is 2.95. The predicted molar refractivity (Wildman–Crippen MR) is 104 cm³/mol. The van der Waals surface area contributed by atoms with E-state index < -0.39 is 29.0 Å². The van der Waals surface area contributed by atoms with Crippen LogP contribution in [0.25, 0.3) is 11.0 Å². The third-order valence-electron chi connectivity index (χ3n) is 5.17. The first-order chi connectivity index (χ1) is 13.9. The molecular weight excluding hydrogens is 378 g/mol. The highest BCUT2D eigenvalue weighted by atomic mass is 19.1. The molecule has 150 valence electrons. The van der Waals surface area contributed by atoms with Crippen LogP contribution in [0.1, 0.15) is 34.1 Å². The van der Waals surface area contributed by atoms with Gasteiger partial charge in [-0.05, 0) is 35.9 Å². The summed E-state index contributed by atoms with van der Waals surface area (Å²) in [7, 11) is 4.02. The lowest BCUT2D eigenvalue weighted by molar-refractivity contribution is -0.858. The number of carbonyl (C=O) groups is 1. The molecule has 0 fully saturated rings. The van der Waals surface area contributed by atoms with Gasteiger partial charge in [0.25, 0.3) is 5.91 Å². The second-order valence-electron chi connectivity index (χ2n) is 7.58. The van der Waals surface area contributed by atoms with E-state index >= 15 is 0 Å². The molecule has 2 heterocycles. The van der Waals surface area contributed by atoms with E-state index in [9.17, 15) is 18.4 Å². The smallest absolute Gasteiger partial charge is 0.290 e. The molecule has 0 radical (unpaired) electrons. The van der Waals surface area contributed by atoms with E-state index in [1.165, 1.54) is 35.2 Å². The van der Waals surface area contributed by atoms with Crippen LogP contribution in [0.3, 0.4) is 0 Å². The van der Waals surface area contributed by atoms with Gasteiger partial charge in [-0.15, -0.1) is 0 Å². The van der Waals surface area contributed by atoms with Crippen LogP contribution in [0.15, 0.2) is 51.7 Å². The Morgan fingerprint density at radius 3 is 2.55 bits per heavy atom. The van der Waals surface area contributed by atoms with Gasteiger partial charge in [0.15, 0.2) is 5.43 Å².